The van der Waals surface area contributed by atoms with Crippen LogP contribution in [0.1, 0.15) is 194 Å². The summed E-state index contributed by atoms with van der Waals surface area (Å²) in [6, 6.07) is 0. The van der Waals surface area contributed by atoms with Gasteiger partial charge in [0, 0.05) is 13.0 Å². The van der Waals surface area contributed by atoms with Gasteiger partial charge in [-0.1, -0.05) is 104 Å². The summed E-state index contributed by atoms with van der Waals surface area (Å²) in [6.45, 7) is 6.25. The molecular formula is C43H79NO5. The highest BCUT2D eigenvalue weighted by Crippen LogP contribution is 2.77. The Morgan fingerprint density at radius 2 is 1.14 bits per heavy atom. The van der Waals surface area contributed by atoms with Crippen molar-refractivity contribution in [1.29, 1.82) is 0 Å². The van der Waals surface area contributed by atoms with Gasteiger partial charge in [-0.3, -0.25) is 14.5 Å². The molecule has 0 aliphatic heterocycles. The largest absolute Gasteiger partial charge is 0.466 e. The highest BCUT2D eigenvalue weighted by Gasteiger charge is 2.67. The molecule has 0 radical (unpaired) electrons. The number of carbonyl (C=O) groups excluding carboxylic acids is 2. The van der Waals surface area contributed by atoms with E-state index in [0.717, 1.165) is 44.4 Å². The van der Waals surface area contributed by atoms with E-state index < -0.39 is 0 Å². The minimum atomic E-state index is -0.134. The van der Waals surface area contributed by atoms with Crippen LogP contribution in [0.2, 0.25) is 0 Å². The Bertz CT molecular complexity index is 906. The minimum Gasteiger partial charge on any atom is -0.466 e. The zero-order valence-electron chi connectivity index (χ0n) is 32.8. The van der Waals surface area contributed by atoms with Gasteiger partial charge in [0.1, 0.15) is 0 Å². The summed E-state index contributed by atoms with van der Waals surface area (Å²) in [7, 11) is 3.79. The van der Waals surface area contributed by atoms with E-state index >= 15 is 0 Å². The first-order chi connectivity index (χ1) is 23.7. The second-order valence-corrected chi connectivity index (χ2v) is 17.6. The maximum absolute atomic E-state index is 13.1. The molecule has 4 aliphatic rings. The molecule has 49 heavy (non-hydrogen) atoms. The molecule has 0 saturated heterocycles. The predicted octanol–water partition coefficient (Wildman–Crippen LogP) is 10.8. The maximum Gasteiger partial charge on any atom is 0.320 e. The molecule has 4 saturated carbocycles. The molecule has 0 heterocycles. The number of aliphatic hydroxyl groups excluding tert-OH is 1. The fourth-order valence-electron chi connectivity index (χ4n) is 11.0. The third-order valence-electron chi connectivity index (χ3n) is 12.8. The number of esters is 2. The molecule has 4 rings (SSSR count). The van der Waals surface area contributed by atoms with Crippen LogP contribution in [0.4, 0.5) is 0 Å². The fraction of sp³-hybridized carbons (Fsp3) is 0.953. The SMILES string of the molecule is CCCCCCCCCC(CCCCCCCCC)CC(=O)OCCCC12CC3CC(CCCOC(=O)CN(C)C)(C1)CC3(CCCO)C2. The molecule has 0 spiro atoms. The second-order valence-electron chi connectivity index (χ2n) is 17.6. The molecular weight excluding hydrogens is 610 g/mol. The second kappa shape index (κ2) is 22.7. The van der Waals surface area contributed by atoms with Gasteiger partial charge >= 0.3 is 11.9 Å². The highest BCUT2D eigenvalue weighted by atomic mass is 16.5. The van der Waals surface area contributed by atoms with Gasteiger partial charge in [-0.15, -0.1) is 0 Å². The molecule has 4 bridgehead atoms. The van der Waals surface area contributed by atoms with Crippen LogP contribution in [0.3, 0.4) is 0 Å². The standard InChI is InChI=1S/C43H79NO5/c1-5-7-9-11-13-15-17-22-37(23-18-16-14-12-10-8-6-2)30-39(46)48-28-20-24-41-31-38-32-42(34-41,36-43(38,35-41)26-19-27-45)25-21-29-49-40(47)33-44(3)4/h37-38,45H,5-36H2,1-4H3. The number of aliphatic hydroxyl groups is 1. The van der Waals surface area contributed by atoms with Crippen LogP contribution in [-0.4, -0.2) is 62.4 Å². The van der Waals surface area contributed by atoms with E-state index in [2.05, 4.69) is 13.8 Å². The molecule has 0 aromatic carbocycles. The fourth-order valence-corrected chi connectivity index (χ4v) is 11.0. The summed E-state index contributed by atoms with van der Waals surface area (Å²) in [5, 5.41) is 9.72. The number of hydrogen-bond acceptors (Lipinski definition) is 6. The molecule has 6 heteroatoms. The number of hydrogen-bond donors (Lipinski definition) is 1. The number of ether oxygens (including phenoxy) is 2. The van der Waals surface area contributed by atoms with Crippen LogP contribution < -0.4 is 0 Å². The van der Waals surface area contributed by atoms with E-state index in [1.54, 1.807) is 0 Å². The number of nitrogens with zero attached hydrogens (tertiary/aromatic N) is 1. The van der Waals surface area contributed by atoms with E-state index in [9.17, 15) is 14.7 Å². The van der Waals surface area contributed by atoms with Crippen LogP contribution in [0.25, 0.3) is 0 Å². The highest BCUT2D eigenvalue weighted by molar-refractivity contribution is 5.71. The van der Waals surface area contributed by atoms with Gasteiger partial charge in [0.2, 0.25) is 0 Å². The van der Waals surface area contributed by atoms with Crippen LogP contribution in [0.5, 0.6) is 0 Å². The maximum atomic E-state index is 13.1. The molecule has 4 fully saturated rings. The third-order valence-corrected chi connectivity index (χ3v) is 12.8. The average Bonchev–Trinajstić information content (AvgIpc) is 3.41. The molecule has 0 aromatic heterocycles. The average molecular weight is 690 g/mol. The Morgan fingerprint density at radius 1 is 0.653 bits per heavy atom. The van der Waals surface area contributed by atoms with Crippen molar-refractivity contribution in [2.45, 2.75) is 194 Å². The lowest BCUT2D eigenvalue weighted by Gasteiger charge is -2.48. The van der Waals surface area contributed by atoms with E-state index in [-0.39, 0.29) is 18.5 Å². The quantitative estimate of drug-likeness (QED) is 0.0577. The molecule has 1 N–H and O–H groups in total. The third kappa shape index (κ3) is 14.8. The zero-order valence-corrected chi connectivity index (χ0v) is 32.8. The van der Waals surface area contributed by atoms with E-state index in [0.29, 0.717) is 48.3 Å². The van der Waals surface area contributed by atoms with Gasteiger partial charge in [0.05, 0.1) is 19.8 Å². The zero-order chi connectivity index (χ0) is 35.4. The van der Waals surface area contributed by atoms with Gasteiger partial charge in [0.15, 0.2) is 0 Å². The normalized spacial score (nSPS) is 25.6. The van der Waals surface area contributed by atoms with Gasteiger partial charge in [-0.2, -0.15) is 0 Å². The number of carbonyl (C=O) groups is 2. The van der Waals surface area contributed by atoms with E-state index in [1.165, 1.54) is 135 Å². The first-order valence-electron chi connectivity index (χ1n) is 21.3. The summed E-state index contributed by atoms with van der Waals surface area (Å²) >= 11 is 0. The predicted molar refractivity (Wildman–Crippen MR) is 202 cm³/mol. The summed E-state index contributed by atoms with van der Waals surface area (Å²) < 4.78 is 11.5. The molecule has 4 aliphatic carbocycles. The Kier molecular flexibility index (Phi) is 19.6. The lowest BCUT2D eigenvalue weighted by Crippen LogP contribution is -2.38. The van der Waals surface area contributed by atoms with Crippen molar-refractivity contribution in [1.82, 2.24) is 4.90 Å². The number of unbranched alkanes of at least 4 members (excludes halogenated alkanes) is 12. The number of likely N-dealkylation sites (N-methyl/N-ethyl adjacent to an activating group) is 1. The Balaban J connectivity index is 1.44. The van der Waals surface area contributed by atoms with E-state index in [4.69, 9.17) is 9.47 Å². The first-order valence-corrected chi connectivity index (χ1v) is 21.3. The lowest BCUT2D eigenvalue weighted by molar-refractivity contribution is -0.145. The van der Waals surface area contributed by atoms with E-state index in [1.807, 2.05) is 19.0 Å². The lowest BCUT2D eigenvalue weighted by atomic mass is 9.56. The molecule has 0 amide bonds. The molecule has 4 atom stereocenters. The smallest absolute Gasteiger partial charge is 0.320 e. The van der Waals surface area contributed by atoms with Crippen LogP contribution in [0.15, 0.2) is 0 Å². The minimum absolute atomic E-state index is 0.0314. The summed E-state index contributed by atoms with van der Waals surface area (Å²) in [4.78, 5) is 27.1. The summed E-state index contributed by atoms with van der Waals surface area (Å²) in [5.41, 5.74) is 1.07. The summed E-state index contributed by atoms with van der Waals surface area (Å²) in [5.74, 6) is 1.13. The molecule has 286 valence electrons. The van der Waals surface area contributed by atoms with Crippen molar-refractivity contribution in [3.05, 3.63) is 0 Å². The van der Waals surface area contributed by atoms with Crippen molar-refractivity contribution in [3.8, 4) is 0 Å². The van der Waals surface area contributed by atoms with Crippen molar-refractivity contribution >= 4 is 11.9 Å². The van der Waals surface area contributed by atoms with Crippen molar-refractivity contribution < 1.29 is 24.2 Å². The summed E-state index contributed by atoms with van der Waals surface area (Å²) in [6.07, 6.45) is 34.2. The van der Waals surface area contributed by atoms with Gasteiger partial charge < -0.3 is 14.6 Å². The molecule has 6 nitrogen and oxygen atoms in total. The first kappa shape index (κ1) is 42.3. The Morgan fingerprint density at radius 3 is 1.63 bits per heavy atom. The van der Waals surface area contributed by atoms with Crippen molar-refractivity contribution in [2.24, 2.45) is 28.1 Å². The van der Waals surface area contributed by atoms with Gasteiger partial charge in [-0.25, -0.2) is 0 Å². The topological polar surface area (TPSA) is 76.1 Å². The van der Waals surface area contributed by atoms with Crippen LogP contribution in [-0.2, 0) is 19.1 Å². The Hall–Kier alpha value is -1.14. The van der Waals surface area contributed by atoms with Crippen LogP contribution in [0, 0.1) is 28.1 Å². The molecule has 0 aromatic rings. The monoisotopic (exact) mass is 690 g/mol. The Labute approximate surface area is 302 Å². The van der Waals surface area contributed by atoms with Gasteiger partial charge in [0.25, 0.3) is 0 Å². The van der Waals surface area contributed by atoms with Crippen LogP contribution >= 0.6 is 0 Å². The number of rotatable bonds is 31. The van der Waals surface area contributed by atoms with Crippen molar-refractivity contribution in [2.75, 3.05) is 40.5 Å². The molecule has 4 unspecified atom stereocenters. The van der Waals surface area contributed by atoms with Crippen molar-refractivity contribution in [3.63, 3.8) is 0 Å². The van der Waals surface area contributed by atoms with Gasteiger partial charge in [-0.05, 0) is 126 Å².